The Morgan fingerprint density at radius 1 is 1.47 bits per heavy atom. The highest BCUT2D eigenvalue weighted by molar-refractivity contribution is 5.49. The zero-order valence-electron chi connectivity index (χ0n) is 8.19. The number of benzene rings is 1. The van der Waals surface area contributed by atoms with Crippen molar-refractivity contribution in [2.75, 3.05) is 0 Å². The Morgan fingerprint density at radius 2 is 2.12 bits per heavy atom. The molecule has 0 radical (unpaired) electrons. The molecule has 0 amide bonds. The molecule has 0 heterocycles. The van der Waals surface area contributed by atoms with Crippen LogP contribution < -0.4 is 4.74 Å². The van der Waals surface area contributed by atoms with E-state index in [-0.39, 0.29) is 12.0 Å². The summed E-state index contributed by atoms with van der Waals surface area (Å²) < 4.78 is 39.3. The monoisotopic (exact) mass is 246 g/mol. The van der Waals surface area contributed by atoms with Crippen LogP contribution in [0, 0.1) is 21.4 Å². The lowest BCUT2D eigenvalue weighted by atomic mass is 10.1. The number of halogens is 3. The zero-order chi connectivity index (χ0) is 13.1. The number of nitrogens with zero attached hydrogens (tertiary/aromatic N) is 2. The van der Waals surface area contributed by atoms with Gasteiger partial charge in [0, 0.05) is 6.07 Å². The summed E-state index contributed by atoms with van der Waals surface area (Å²) in [5.41, 5.74) is -0.580. The number of nitro groups is 1. The van der Waals surface area contributed by atoms with Crippen molar-refractivity contribution in [3.63, 3.8) is 0 Å². The smallest absolute Gasteiger partial charge is 0.398 e. The van der Waals surface area contributed by atoms with E-state index in [0.29, 0.717) is 0 Å². The van der Waals surface area contributed by atoms with Gasteiger partial charge in [-0.25, -0.2) is 0 Å². The summed E-state index contributed by atoms with van der Waals surface area (Å²) >= 11 is 0. The standard InChI is InChI=1S/C9H5F3N2O3/c10-9(11,12)17-8-2-1-6(3-4-13)5-7(8)14(15)16/h1-2,5H,3H2. The lowest BCUT2D eigenvalue weighted by molar-refractivity contribution is -0.388. The minimum Gasteiger partial charge on any atom is -0.398 e. The normalized spacial score (nSPS) is 10.7. The molecule has 1 aromatic rings. The molecular formula is C9H5F3N2O3. The van der Waals surface area contributed by atoms with E-state index in [0.717, 1.165) is 18.2 Å². The Hall–Kier alpha value is -2.30. The minimum absolute atomic E-state index is 0.132. The van der Waals surface area contributed by atoms with Gasteiger partial charge in [0.1, 0.15) is 0 Å². The quantitative estimate of drug-likeness (QED) is 0.606. The fourth-order valence-corrected chi connectivity index (χ4v) is 1.12. The molecule has 90 valence electrons. The molecule has 0 saturated heterocycles. The Bertz CT molecular complexity index is 479. The molecule has 0 atom stereocenters. The molecular weight excluding hydrogens is 241 g/mol. The van der Waals surface area contributed by atoms with Crippen LogP contribution in [0.25, 0.3) is 0 Å². The van der Waals surface area contributed by atoms with E-state index in [1.54, 1.807) is 6.07 Å². The minimum atomic E-state index is -5.00. The highest BCUT2D eigenvalue weighted by Gasteiger charge is 2.34. The van der Waals surface area contributed by atoms with Crippen molar-refractivity contribution in [3.05, 3.63) is 33.9 Å². The van der Waals surface area contributed by atoms with E-state index in [9.17, 15) is 23.3 Å². The van der Waals surface area contributed by atoms with Gasteiger partial charge < -0.3 is 4.74 Å². The summed E-state index contributed by atoms with van der Waals surface area (Å²) in [6.45, 7) is 0. The first-order valence-corrected chi connectivity index (χ1v) is 4.23. The second kappa shape index (κ2) is 4.69. The van der Waals surface area contributed by atoms with Gasteiger partial charge in [0.15, 0.2) is 0 Å². The number of nitro benzene ring substituents is 1. The van der Waals surface area contributed by atoms with Crippen molar-refractivity contribution in [2.24, 2.45) is 0 Å². The Morgan fingerprint density at radius 3 is 2.59 bits per heavy atom. The number of rotatable bonds is 3. The molecule has 0 unspecified atom stereocenters. The number of nitriles is 1. The average Bonchev–Trinajstić information content (AvgIpc) is 2.18. The summed E-state index contributed by atoms with van der Waals surface area (Å²) in [5, 5.41) is 18.9. The largest absolute Gasteiger partial charge is 0.573 e. The SMILES string of the molecule is N#CCc1ccc(OC(F)(F)F)c([N+](=O)[O-])c1. The number of alkyl halides is 3. The van der Waals surface area contributed by atoms with Crippen LogP contribution in [0.15, 0.2) is 18.2 Å². The van der Waals surface area contributed by atoms with Gasteiger partial charge in [-0.2, -0.15) is 5.26 Å². The van der Waals surface area contributed by atoms with E-state index < -0.39 is 22.7 Å². The fraction of sp³-hybridized carbons (Fsp3) is 0.222. The number of hydrogen-bond acceptors (Lipinski definition) is 4. The van der Waals surface area contributed by atoms with Gasteiger partial charge >= 0.3 is 12.0 Å². The molecule has 0 aliphatic carbocycles. The molecule has 1 aromatic carbocycles. The van der Waals surface area contributed by atoms with Crippen LogP contribution in [-0.2, 0) is 6.42 Å². The first-order chi connectivity index (χ1) is 7.83. The van der Waals surface area contributed by atoms with E-state index >= 15 is 0 Å². The van der Waals surface area contributed by atoms with Crippen LogP contribution >= 0.6 is 0 Å². The maximum absolute atomic E-state index is 11.9. The first kappa shape index (κ1) is 12.8. The highest BCUT2D eigenvalue weighted by atomic mass is 19.4. The topological polar surface area (TPSA) is 76.2 Å². The summed E-state index contributed by atoms with van der Waals surface area (Å²) in [6, 6.07) is 4.59. The predicted molar refractivity (Wildman–Crippen MR) is 49.1 cm³/mol. The van der Waals surface area contributed by atoms with Gasteiger partial charge in [-0.1, -0.05) is 6.07 Å². The molecule has 0 aromatic heterocycles. The molecule has 0 aliphatic rings. The van der Waals surface area contributed by atoms with Crippen molar-refractivity contribution in [3.8, 4) is 11.8 Å². The molecule has 0 spiro atoms. The molecule has 1 rings (SSSR count). The van der Waals surface area contributed by atoms with Gasteiger partial charge in [0.05, 0.1) is 17.4 Å². The van der Waals surface area contributed by atoms with Crippen LogP contribution in [0.5, 0.6) is 5.75 Å². The van der Waals surface area contributed by atoms with Crippen molar-refractivity contribution >= 4 is 5.69 Å². The van der Waals surface area contributed by atoms with E-state index in [1.165, 1.54) is 0 Å². The van der Waals surface area contributed by atoms with Gasteiger partial charge in [-0.15, -0.1) is 13.2 Å². The molecule has 0 N–H and O–H groups in total. The third-order valence-electron chi connectivity index (χ3n) is 1.73. The average molecular weight is 246 g/mol. The van der Waals surface area contributed by atoms with Crippen molar-refractivity contribution in [1.29, 1.82) is 5.26 Å². The molecule has 0 fully saturated rings. The Labute approximate surface area is 93.2 Å². The third kappa shape index (κ3) is 3.64. The predicted octanol–water partition coefficient (Wildman–Crippen LogP) is 2.56. The molecule has 0 saturated carbocycles. The van der Waals surface area contributed by atoms with Crippen LogP contribution in [0.3, 0.4) is 0 Å². The molecule has 8 heteroatoms. The van der Waals surface area contributed by atoms with Crippen molar-refractivity contribution < 1.29 is 22.8 Å². The second-order valence-corrected chi connectivity index (χ2v) is 2.94. The lowest BCUT2D eigenvalue weighted by Gasteiger charge is -2.09. The van der Waals surface area contributed by atoms with E-state index in [1.807, 2.05) is 0 Å². The van der Waals surface area contributed by atoms with Gasteiger partial charge in [0.2, 0.25) is 5.75 Å². The summed E-state index contributed by atoms with van der Waals surface area (Å²) in [7, 11) is 0. The van der Waals surface area contributed by atoms with Crippen LogP contribution in [-0.4, -0.2) is 11.3 Å². The van der Waals surface area contributed by atoms with Gasteiger partial charge in [-0.3, -0.25) is 10.1 Å². The molecule has 0 aliphatic heterocycles. The van der Waals surface area contributed by atoms with Crippen LogP contribution in [0.2, 0.25) is 0 Å². The van der Waals surface area contributed by atoms with Crippen molar-refractivity contribution in [2.45, 2.75) is 12.8 Å². The van der Waals surface area contributed by atoms with Crippen LogP contribution in [0.1, 0.15) is 5.56 Å². The van der Waals surface area contributed by atoms with Gasteiger partial charge in [0.25, 0.3) is 0 Å². The molecule has 5 nitrogen and oxygen atoms in total. The lowest BCUT2D eigenvalue weighted by Crippen LogP contribution is -2.18. The third-order valence-corrected chi connectivity index (χ3v) is 1.73. The second-order valence-electron chi connectivity index (χ2n) is 2.94. The Balaban J connectivity index is 3.14. The fourth-order valence-electron chi connectivity index (χ4n) is 1.12. The van der Waals surface area contributed by atoms with E-state index in [2.05, 4.69) is 4.74 Å². The highest BCUT2D eigenvalue weighted by Crippen LogP contribution is 2.32. The summed E-state index contributed by atoms with van der Waals surface area (Å²) in [4.78, 5) is 9.54. The van der Waals surface area contributed by atoms with E-state index in [4.69, 9.17) is 5.26 Å². The van der Waals surface area contributed by atoms with Crippen LogP contribution in [0.4, 0.5) is 18.9 Å². The Kier molecular flexibility index (Phi) is 3.52. The maximum Gasteiger partial charge on any atom is 0.573 e. The summed E-state index contributed by atoms with van der Waals surface area (Å²) in [6.07, 6.45) is -5.13. The number of hydrogen-bond donors (Lipinski definition) is 0. The molecule has 17 heavy (non-hydrogen) atoms. The first-order valence-electron chi connectivity index (χ1n) is 4.23. The number of ether oxygens (including phenoxy) is 1. The molecule has 0 bridgehead atoms. The maximum atomic E-state index is 11.9. The zero-order valence-corrected chi connectivity index (χ0v) is 8.19. The summed E-state index contributed by atoms with van der Waals surface area (Å²) in [5.74, 6) is -0.899. The van der Waals surface area contributed by atoms with Gasteiger partial charge in [-0.05, 0) is 11.6 Å². The van der Waals surface area contributed by atoms with Crippen molar-refractivity contribution in [1.82, 2.24) is 0 Å².